The van der Waals surface area contributed by atoms with E-state index in [1.807, 2.05) is 30.3 Å². The fourth-order valence-corrected chi connectivity index (χ4v) is 4.47. The van der Waals surface area contributed by atoms with Crippen molar-refractivity contribution in [3.05, 3.63) is 56.4 Å². The van der Waals surface area contributed by atoms with E-state index in [1.54, 1.807) is 13.0 Å². The Kier molecular flexibility index (Phi) is 5.71. The van der Waals surface area contributed by atoms with E-state index < -0.39 is 0 Å². The molecule has 4 nitrogen and oxygen atoms in total. The molecule has 1 N–H and O–H groups in total. The molecule has 0 spiro atoms. The number of halogens is 1. The molecule has 3 rings (SSSR count). The number of aryl methyl sites for hydroxylation is 1. The number of thiophene rings is 1. The van der Waals surface area contributed by atoms with Crippen LogP contribution in [0.2, 0.25) is 0 Å². The number of hydrogen-bond acceptors (Lipinski definition) is 4. The number of hydrogen-bond donors (Lipinski definition) is 1. The highest BCUT2D eigenvalue weighted by atomic mass is 79.9. The van der Waals surface area contributed by atoms with Gasteiger partial charge in [-0.15, -0.1) is 11.3 Å². The molecule has 1 aromatic heterocycles. The molecule has 0 radical (unpaired) electrons. The van der Waals surface area contributed by atoms with E-state index in [4.69, 9.17) is 4.74 Å². The maximum absolute atomic E-state index is 12.5. The van der Waals surface area contributed by atoms with Gasteiger partial charge in [-0.25, -0.2) is 4.79 Å². The number of rotatable bonds is 5. The number of esters is 1. The van der Waals surface area contributed by atoms with Crippen LogP contribution in [-0.2, 0) is 22.4 Å². The summed E-state index contributed by atoms with van der Waals surface area (Å²) in [5.41, 5.74) is 2.47. The number of benzene rings is 1. The van der Waals surface area contributed by atoms with Crippen LogP contribution in [0.25, 0.3) is 6.08 Å². The zero-order valence-electron chi connectivity index (χ0n) is 13.8. The first kappa shape index (κ1) is 17.9. The first-order valence-corrected chi connectivity index (χ1v) is 9.76. The number of carbonyl (C=O) groups excluding carboxylic acids is 2. The van der Waals surface area contributed by atoms with Crippen LogP contribution >= 0.6 is 27.3 Å². The Balaban J connectivity index is 1.84. The highest BCUT2D eigenvalue weighted by molar-refractivity contribution is 9.12. The SMILES string of the molecule is CCOC(=O)c1c(NC(=O)/C(Br)=C/c2ccccc2)sc2c1CCC2. The Labute approximate surface area is 159 Å². The van der Waals surface area contributed by atoms with E-state index >= 15 is 0 Å². The lowest BCUT2D eigenvalue weighted by Gasteiger charge is -2.07. The van der Waals surface area contributed by atoms with E-state index in [9.17, 15) is 9.59 Å². The molecule has 1 amide bonds. The minimum absolute atomic E-state index is 0.283. The van der Waals surface area contributed by atoms with E-state index in [1.165, 1.54) is 16.2 Å². The van der Waals surface area contributed by atoms with Gasteiger partial charge in [0.15, 0.2) is 0 Å². The van der Waals surface area contributed by atoms with E-state index in [0.717, 1.165) is 30.4 Å². The summed E-state index contributed by atoms with van der Waals surface area (Å²) in [6.07, 6.45) is 4.60. The molecule has 1 aromatic carbocycles. The van der Waals surface area contributed by atoms with Gasteiger partial charge in [0.1, 0.15) is 5.00 Å². The standard InChI is InChI=1S/C19H18BrNO3S/c1-2-24-19(23)16-13-9-6-10-15(13)25-18(16)21-17(22)14(20)11-12-7-4-3-5-8-12/h3-5,7-8,11H,2,6,9-10H2,1H3,(H,21,22)/b14-11-. The van der Waals surface area contributed by atoms with Gasteiger partial charge in [0.05, 0.1) is 16.7 Å². The van der Waals surface area contributed by atoms with Crippen LogP contribution in [0.4, 0.5) is 5.00 Å². The number of amides is 1. The lowest BCUT2D eigenvalue weighted by Crippen LogP contribution is -2.14. The van der Waals surface area contributed by atoms with Crippen LogP contribution in [0, 0.1) is 0 Å². The summed E-state index contributed by atoms with van der Waals surface area (Å²) >= 11 is 4.80. The lowest BCUT2D eigenvalue weighted by molar-refractivity contribution is -0.112. The van der Waals surface area contributed by atoms with Crippen molar-refractivity contribution in [1.29, 1.82) is 0 Å². The van der Waals surface area contributed by atoms with Crippen molar-refractivity contribution in [2.24, 2.45) is 0 Å². The normalized spacial score (nSPS) is 13.4. The lowest BCUT2D eigenvalue weighted by atomic mass is 10.1. The number of fused-ring (bicyclic) bond motifs is 1. The molecule has 0 bridgehead atoms. The monoisotopic (exact) mass is 419 g/mol. The van der Waals surface area contributed by atoms with Crippen LogP contribution in [0.5, 0.6) is 0 Å². The fourth-order valence-electron chi connectivity index (χ4n) is 2.84. The van der Waals surface area contributed by atoms with Crippen molar-refractivity contribution >= 4 is 50.2 Å². The van der Waals surface area contributed by atoms with Crippen molar-refractivity contribution in [1.82, 2.24) is 0 Å². The third-order valence-electron chi connectivity index (χ3n) is 3.94. The van der Waals surface area contributed by atoms with Gasteiger partial charge in [-0.1, -0.05) is 30.3 Å². The fraction of sp³-hybridized carbons (Fsp3) is 0.263. The van der Waals surface area contributed by atoms with E-state index in [-0.39, 0.29) is 11.9 Å². The van der Waals surface area contributed by atoms with Crippen LogP contribution in [0.15, 0.2) is 34.8 Å². The van der Waals surface area contributed by atoms with Crippen molar-refractivity contribution in [3.63, 3.8) is 0 Å². The second kappa shape index (κ2) is 7.97. The van der Waals surface area contributed by atoms with Crippen LogP contribution in [0.3, 0.4) is 0 Å². The predicted molar refractivity (Wildman–Crippen MR) is 104 cm³/mol. The number of anilines is 1. The molecule has 0 fully saturated rings. The molecule has 0 saturated carbocycles. The minimum Gasteiger partial charge on any atom is -0.462 e. The molecule has 130 valence electrons. The van der Waals surface area contributed by atoms with Gasteiger partial charge in [-0.05, 0) is 59.3 Å². The molecular formula is C19H18BrNO3S. The summed E-state index contributed by atoms with van der Waals surface area (Å²) in [5, 5.41) is 3.44. The molecule has 1 aliphatic rings. The number of ether oxygens (including phenoxy) is 1. The van der Waals surface area contributed by atoms with Crippen molar-refractivity contribution in [3.8, 4) is 0 Å². The molecule has 0 aliphatic heterocycles. The Bertz CT molecular complexity index is 827. The third-order valence-corrected chi connectivity index (χ3v) is 5.73. The highest BCUT2D eigenvalue weighted by Gasteiger charge is 2.28. The largest absolute Gasteiger partial charge is 0.462 e. The molecular weight excluding hydrogens is 402 g/mol. The van der Waals surface area contributed by atoms with E-state index in [2.05, 4.69) is 21.2 Å². The van der Waals surface area contributed by atoms with Gasteiger partial charge >= 0.3 is 5.97 Å². The zero-order chi connectivity index (χ0) is 17.8. The van der Waals surface area contributed by atoms with Gasteiger partial charge in [0, 0.05) is 4.88 Å². The summed E-state index contributed by atoms with van der Waals surface area (Å²) < 4.78 is 5.58. The summed E-state index contributed by atoms with van der Waals surface area (Å²) in [7, 11) is 0. The average molecular weight is 420 g/mol. The quantitative estimate of drug-likeness (QED) is 0.559. The van der Waals surface area contributed by atoms with Gasteiger partial charge in [-0.2, -0.15) is 0 Å². The first-order chi connectivity index (χ1) is 12.1. The number of carbonyl (C=O) groups is 2. The van der Waals surface area contributed by atoms with Gasteiger partial charge in [-0.3, -0.25) is 4.79 Å². The van der Waals surface area contributed by atoms with Crippen LogP contribution < -0.4 is 5.32 Å². The van der Waals surface area contributed by atoms with Gasteiger partial charge in [0.25, 0.3) is 5.91 Å². The second-order valence-corrected chi connectivity index (χ2v) is 7.60. The minimum atomic E-state index is -0.361. The molecule has 1 aliphatic carbocycles. The molecule has 2 aromatic rings. The zero-order valence-corrected chi connectivity index (χ0v) is 16.2. The second-order valence-electron chi connectivity index (χ2n) is 5.64. The average Bonchev–Trinajstić information content (AvgIpc) is 3.16. The molecule has 25 heavy (non-hydrogen) atoms. The van der Waals surface area contributed by atoms with Gasteiger partial charge in [0.2, 0.25) is 0 Å². The maximum atomic E-state index is 12.5. The highest BCUT2D eigenvalue weighted by Crippen LogP contribution is 2.39. The Morgan fingerprint density at radius 3 is 2.76 bits per heavy atom. The smallest absolute Gasteiger partial charge is 0.341 e. The molecule has 0 unspecified atom stereocenters. The Morgan fingerprint density at radius 2 is 2.04 bits per heavy atom. The topological polar surface area (TPSA) is 55.4 Å². The Hall–Kier alpha value is -1.92. The van der Waals surface area contributed by atoms with Gasteiger partial charge < -0.3 is 10.1 Å². The summed E-state index contributed by atoms with van der Waals surface area (Å²) in [4.78, 5) is 26.0. The summed E-state index contributed by atoms with van der Waals surface area (Å²) in [6, 6.07) is 9.57. The van der Waals surface area contributed by atoms with Crippen LogP contribution in [-0.4, -0.2) is 18.5 Å². The first-order valence-electron chi connectivity index (χ1n) is 8.15. The maximum Gasteiger partial charge on any atom is 0.341 e. The third kappa shape index (κ3) is 4.02. The summed E-state index contributed by atoms with van der Waals surface area (Å²) in [6.45, 7) is 2.09. The molecule has 0 saturated heterocycles. The Morgan fingerprint density at radius 1 is 1.28 bits per heavy atom. The van der Waals surface area contributed by atoms with Crippen molar-refractivity contribution < 1.29 is 14.3 Å². The summed E-state index contributed by atoms with van der Waals surface area (Å²) in [5.74, 6) is -0.644. The molecule has 6 heteroatoms. The predicted octanol–water partition coefficient (Wildman–Crippen LogP) is 4.79. The van der Waals surface area contributed by atoms with E-state index in [0.29, 0.717) is 21.7 Å². The number of nitrogens with one attached hydrogen (secondary N) is 1. The van der Waals surface area contributed by atoms with Crippen molar-refractivity contribution in [2.45, 2.75) is 26.2 Å². The van der Waals surface area contributed by atoms with Crippen molar-refractivity contribution in [2.75, 3.05) is 11.9 Å². The molecule has 1 heterocycles. The van der Waals surface area contributed by atoms with Crippen LogP contribution in [0.1, 0.15) is 39.7 Å². The molecule has 0 atom stereocenters.